The first-order valence-corrected chi connectivity index (χ1v) is 7.25. The molecule has 2 nitrogen and oxygen atoms in total. The molecule has 1 rings (SSSR count). The number of nitrogens with two attached hydrogens (primary N) is 1. The van der Waals surface area contributed by atoms with E-state index >= 15 is 0 Å². The van der Waals surface area contributed by atoms with E-state index < -0.39 is 0 Å². The van der Waals surface area contributed by atoms with E-state index in [1.807, 2.05) is 6.07 Å². The molecule has 0 aliphatic rings. The van der Waals surface area contributed by atoms with E-state index in [4.69, 9.17) is 5.73 Å². The molecule has 0 unspecified atom stereocenters. The first kappa shape index (κ1) is 15.9. The van der Waals surface area contributed by atoms with Gasteiger partial charge in [0.05, 0.1) is 5.69 Å². The molecular formula is C17H29NO. The maximum Gasteiger partial charge on any atom is 0.141 e. The Morgan fingerprint density at radius 2 is 1.68 bits per heavy atom. The van der Waals surface area contributed by atoms with Gasteiger partial charge >= 0.3 is 0 Å². The fraction of sp³-hybridized carbons (Fsp3) is 0.647. The number of hydrogen-bond donors (Lipinski definition) is 2. The molecule has 19 heavy (non-hydrogen) atoms. The molecule has 0 saturated carbocycles. The Kier molecular flexibility index (Phi) is 4.89. The Balaban J connectivity index is 3.19. The summed E-state index contributed by atoms with van der Waals surface area (Å²) in [5, 5.41) is 10.1. The molecule has 1 aromatic carbocycles. The van der Waals surface area contributed by atoms with Crippen molar-refractivity contribution in [1.29, 1.82) is 0 Å². The third-order valence-electron chi connectivity index (χ3n) is 3.55. The average Bonchev–Trinajstić information content (AvgIpc) is 2.21. The summed E-state index contributed by atoms with van der Waals surface area (Å²) in [4.78, 5) is 0. The molecule has 0 atom stereocenters. The number of anilines is 1. The third kappa shape index (κ3) is 4.15. The van der Waals surface area contributed by atoms with Crippen molar-refractivity contribution in [3.8, 4) is 5.75 Å². The lowest BCUT2D eigenvalue weighted by molar-refractivity contribution is 0.398. The van der Waals surface area contributed by atoms with Crippen LogP contribution in [0.5, 0.6) is 5.75 Å². The molecule has 0 saturated heterocycles. The second-order valence-electron chi connectivity index (χ2n) is 7.15. The van der Waals surface area contributed by atoms with E-state index in [-0.39, 0.29) is 11.2 Å². The molecule has 3 N–H and O–H groups in total. The number of rotatable bonds is 5. The van der Waals surface area contributed by atoms with Crippen LogP contribution in [0.25, 0.3) is 0 Å². The predicted octanol–water partition coefficient (Wildman–Crippen LogP) is 4.50. The predicted molar refractivity (Wildman–Crippen MR) is 83.5 cm³/mol. The summed E-state index contributed by atoms with van der Waals surface area (Å²) in [7, 11) is 0. The summed E-state index contributed by atoms with van der Waals surface area (Å²) in [5.74, 6) is 1.41. The minimum Gasteiger partial charge on any atom is -0.506 e. The largest absolute Gasteiger partial charge is 0.506 e. The lowest BCUT2D eigenvalue weighted by Gasteiger charge is -2.28. The average molecular weight is 263 g/mol. The van der Waals surface area contributed by atoms with Crippen LogP contribution >= 0.6 is 0 Å². The highest BCUT2D eigenvalue weighted by atomic mass is 16.3. The molecule has 0 heterocycles. The second kappa shape index (κ2) is 5.85. The fourth-order valence-corrected chi connectivity index (χ4v) is 2.84. The zero-order valence-electron chi connectivity index (χ0n) is 13.2. The number of phenolic OH excluding ortho intramolecular Hbond substituents is 1. The SMILES string of the molecule is CC(C)Cc1cc(C(C)(C)CC(C)C)cc(N)c1O. The van der Waals surface area contributed by atoms with Crippen LogP contribution in [-0.2, 0) is 11.8 Å². The van der Waals surface area contributed by atoms with Gasteiger partial charge in [-0.3, -0.25) is 0 Å². The Bertz CT molecular complexity index is 433. The van der Waals surface area contributed by atoms with Crippen LogP contribution in [0, 0.1) is 11.8 Å². The van der Waals surface area contributed by atoms with Crippen LogP contribution in [0.2, 0.25) is 0 Å². The van der Waals surface area contributed by atoms with E-state index in [0.29, 0.717) is 17.5 Å². The molecule has 0 bridgehead atoms. The molecule has 0 aliphatic carbocycles. The molecule has 1 aromatic rings. The first-order valence-electron chi connectivity index (χ1n) is 7.25. The third-order valence-corrected chi connectivity index (χ3v) is 3.55. The van der Waals surface area contributed by atoms with Gasteiger partial charge in [-0.1, -0.05) is 47.6 Å². The van der Waals surface area contributed by atoms with Gasteiger partial charge in [0.15, 0.2) is 0 Å². The molecule has 0 amide bonds. The monoisotopic (exact) mass is 263 g/mol. The number of benzene rings is 1. The summed E-state index contributed by atoms with van der Waals surface area (Å²) in [5.41, 5.74) is 8.77. The zero-order valence-corrected chi connectivity index (χ0v) is 13.2. The highest BCUT2D eigenvalue weighted by molar-refractivity contribution is 5.59. The van der Waals surface area contributed by atoms with Crippen molar-refractivity contribution in [1.82, 2.24) is 0 Å². The Hall–Kier alpha value is -1.18. The van der Waals surface area contributed by atoms with Gasteiger partial charge in [0.1, 0.15) is 5.75 Å². The zero-order chi connectivity index (χ0) is 14.8. The van der Waals surface area contributed by atoms with Crippen molar-refractivity contribution in [2.75, 3.05) is 5.73 Å². The van der Waals surface area contributed by atoms with Gasteiger partial charge in [-0.25, -0.2) is 0 Å². The molecule has 108 valence electrons. The molecule has 0 aromatic heterocycles. The van der Waals surface area contributed by atoms with Crippen LogP contribution in [0.4, 0.5) is 5.69 Å². The summed E-state index contributed by atoms with van der Waals surface area (Å²) in [6, 6.07) is 4.07. The first-order chi connectivity index (χ1) is 8.63. The Morgan fingerprint density at radius 3 is 2.16 bits per heavy atom. The van der Waals surface area contributed by atoms with Crippen molar-refractivity contribution in [3.05, 3.63) is 23.3 Å². The molecule has 2 heteroatoms. The minimum atomic E-state index is 0.0850. The van der Waals surface area contributed by atoms with Gasteiger partial charge < -0.3 is 10.8 Å². The summed E-state index contributed by atoms with van der Waals surface area (Å²) in [6.45, 7) is 13.3. The summed E-state index contributed by atoms with van der Waals surface area (Å²) in [6.07, 6.45) is 1.97. The lowest BCUT2D eigenvalue weighted by atomic mass is 9.77. The topological polar surface area (TPSA) is 46.2 Å². The summed E-state index contributed by atoms with van der Waals surface area (Å²) < 4.78 is 0. The minimum absolute atomic E-state index is 0.0850. The molecular weight excluding hydrogens is 234 g/mol. The van der Waals surface area contributed by atoms with Crippen LogP contribution in [0.1, 0.15) is 59.1 Å². The Labute approximate surface area is 118 Å². The molecule has 0 radical (unpaired) electrons. The second-order valence-corrected chi connectivity index (χ2v) is 7.15. The van der Waals surface area contributed by atoms with E-state index in [1.165, 1.54) is 5.56 Å². The number of nitrogen functional groups attached to an aromatic ring is 1. The highest BCUT2D eigenvalue weighted by Gasteiger charge is 2.24. The van der Waals surface area contributed by atoms with Gasteiger partial charge in [0.25, 0.3) is 0 Å². The quantitative estimate of drug-likeness (QED) is 0.607. The van der Waals surface area contributed by atoms with Crippen molar-refractivity contribution >= 4 is 5.69 Å². The van der Waals surface area contributed by atoms with Gasteiger partial charge in [0.2, 0.25) is 0 Å². The number of phenols is 1. The van der Waals surface area contributed by atoms with Crippen LogP contribution in [-0.4, -0.2) is 5.11 Å². The maximum absolute atomic E-state index is 10.1. The van der Waals surface area contributed by atoms with Crippen molar-refractivity contribution in [3.63, 3.8) is 0 Å². The van der Waals surface area contributed by atoms with Crippen LogP contribution in [0.15, 0.2) is 12.1 Å². The standard InChI is InChI=1S/C17H29NO/c1-11(2)7-13-8-14(9-15(18)16(13)19)17(5,6)10-12(3)4/h8-9,11-12,19H,7,10,18H2,1-6H3. The van der Waals surface area contributed by atoms with E-state index in [1.54, 1.807) is 0 Å². The van der Waals surface area contributed by atoms with Gasteiger partial charge in [-0.05, 0) is 47.3 Å². The van der Waals surface area contributed by atoms with E-state index in [9.17, 15) is 5.11 Å². The highest BCUT2D eigenvalue weighted by Crippen LogP contribution is 2.37. The van der Waals surface area contributed by atoms with Gasteiger partial charge in [-0.2, -0.15) is 0 Å². The molecule has 0 spiro atoms. The number of hydrogen-bond acceptors (Lipinski definition) is 2. The molecule has 0 aliphatic heterocycles. The van der Waals surface area contributed by atoms with Crippen molar-refractivity contribution in [2.45, 2.75) is 59.8 Å². The van der Waals surface area contributed by atoms with E-state index in [2.05, 4.69) is 47.6 Å². The number of aromatic hydroxyl groups is 1. The Morgan fingerprint density at radius 1 is 1.11 bits per heavy atom. The van der Waals surface area contributed by atoms with Crippen molar-refractivity contribution < 1.29 is 5.11 Å². The summed E-state index contributed by atoms with van der Waals surface area (Å²) >= 11 is 0. The van der Waals surface area contributed by atoms with Crippen molar-refractivity contribution in [2.24, 2.45) is 11.8 Å². The van der Waals surface area contributed by atoms with Gasteiger partial charge in [-0.15, -0.1) is 0 Å². The molecule has 0 fully saturated rings. The van der Waals surface area contributed by atoms with E-state index in [0.717, 1.165) is 18.4 Å². The fourth-order valence-electron chi connectivity index (χ4n) is 2.84. The lowest BCUT2D eigenvalue weighted by Crippen LogP contribution is -2.20. The maximum atomic E-state index is 10.1. The smallest absolute Gasteiger partial charge is 0.141 e. The van der Waals surface area contributed by atoms with Crippen LogP contribution < -0.4 is 5.73 Å². The normalized spacial score (nSPS) is 12.4. The van der Waals surface area contributed by atoms with Gasteiger partial charge in [0, 0.05) is 0 Å². The van der Waals surface area contributed by atoms with Crippen LogP contribution in [0.3, 0.4) is 0 Å².